The molecule has 0 amide bonds. The third-order valence-electron chi connectivity index (χ3n) is 3.60. The quantitative estimate of drug-likeness (QED) is 0.871. The Morgan fingerprint density at radius 2 is 1.95 bits per heavy atom. The molecule has 2 N–H and O–H groups in total. The van der Waals surface area contributed by atoms with Gasteiger partial charge in [0, 0.05) is 5.41 Å². The van der Waals surface area contributed by atoms with E-state index in [0.29, 0.717) is 11.4 Å². The van der Waals surface area contributed by atoms with Crippen molar-refractivity contribution in [2.75, 3.05) is 0 Å². The maximum Gasteiger partial charge on any atom is 0.262 e. The first-order valence-corrected chi connectivity index (χ1v) is 6.09. The van der Waals surface area contributed by atoms with E-state index in [0.717, 1.165) is 12.8 Å². The van der Waals surface area contributed by atoms with Crippen molar-refractivity contribution in [3.8, 4) is 17.0 Å². The number of H-pyrrole nitrogens is 1. The van der Waals surface area contributed by atoms with Crippen molar-refractivity contribution in [1.29, 1.82) is 0 Å². The Balaban J connectivity index is 2.12. The molecule has 1 fully saturated rings. The van der Waals surface area contributed by atoms with Crippen molar-refractivity contribution >= 4 is 0 Å². The van der Waals surface area contributed by atoms with E-state index in [2.05, 4.69) is 9.97 Å². The van der Waals surface area contributed by atoms with E-state index in [1.807, 2.05) is 6.92 Å². The largest absolute Gasteiger partial charge is 0.493 e. The van der Waals surface area contributed by atoms with E-state index in [4.69, 9.17) is 0 Å². The summed E-state index contributed by atoms with van der Waals surface area (Å²) in [7, 11) is 0. The van der Waals surface area contributed by atoms with Crippen molar-refractivity contribution in [3.05, 3.63) is 46.3 Å². The molecule has 98 valence electrons. The second-order valence-electron chi connectivity index (χ2n) is 5.18. The summed E-state index contributed by atoms with van der Waals surface area (Å²) in [6.07, 6.45) is 1.90. The zero-order valence-electron chi connectivity index (χ0n) is 10.4. The van der Waals surface area contributed by atoms with Crippen LogP contribution in [-0.4, -0.2) is 15.1 Å². The number of halogens is 1. The Hall–Kier alpha value is -2.17. The van der Waals surface area contributed by atoms with Gasteiger partial charge in [0.25, 0.3) is 5.56 Å². The van der Waals surface area contributed by atoms with E-state index in [9.17, 15) is 14.3 Å². The van der Waals surface area contributed by atoms with Crippen LogP contribution in [0, 0.1) is 5.82 Å². The summed E-state index contributed by atoms with van der Waals surface area (Å²) >= 11 is 0. The van der Waals surface area contributed by atoms with Gasteiger partial charge in [-0.1, -0.05) is 19.1 Å². The zero-order valence-corrected chi connectivity index (χ0v) is 10.4. The topological polar surface area (TPSA) is 66.0 Å². The second-order valence-corrected chi connectivity index (χ2v) is 5.18. The van der Waals surface area contributed by atoms with Gasteiger partial charge in [-0.2, -0.15) is 4.98 Å². The lowest BCUT2D eigenvalue weighted by Crippen LogP contribution is -2.18. The number of aromatic nitrogens is 2. The number of nitrogens with zero attached hydrogens (tertiary/aromatic N) is 1. The summed E-state index contributed by atoms with van der Waals surface area (Å²) in [6, 6.07) is 5.37. The summed E-state index contributed by atoms with van der Waals surface area (Å²) in [4.78, 5) is 18.9. The van der Waals surface area contributed by atoms with E-state index >= 15 is 0 Å². The van der Waals surface area contributed by atoms with Crippen LogP contribution >= 0.6 is 0 Å². The third-order valence-corrected chi connectivity index (χ3v) is 3.60. The molecule has 2 aromatic rings. The summed E-state index contributed by atoms with van der Waals surface area (Å²) in [5.74, 6) is -0.186. The predicted molar refractivity (Wildman–Crippen MR) is 68.5 cm³/mol. The second kappa shape index (κ2) is 3.91. The molecule has 1 heterocycles. The van der Waals surface area contributed by atoms with Gasteiger partial charge in [-0.3, -0.25) is 4.79 Å². The molecular formula is C14H13FN2O2. The highest BCUT2D eigenvalue weighted by Crippen LogP contribution is 2.46. The zero-order chi connectivity index (χ0) is 13.6. The van der Waals surface area contributed by atoms with Crippen LogP contribution in [0.5, 0.6) is 5.88 Å². The molecule has 0 aliphatic heterocycles. The summed E-state index contributed by atoms with van der Waals surface area (Å²) in [5.41, 5.74) is -0.00629. The number of nitrogens with one attached hydrogen (secondary N) is 1. The number of aromatic amines is 1. The molecule has 5 heteroatoms. The fraction of sp³-hybridized carbons (Fsp3) is 0.286. The average molecular weight is 260 g/mol. The Kier molecular flexibility index (Phi) is 2.45. The lowest BCUT2D eigenvalue weighted by Gasteiger charge is -2.10. The summed E-state index contributed by atoms with van der Waals surface area (Å²) in [5, 5.41) is 9.96. The Morgan fingerprint density at radius 1 is 1.32 bits per heavy atom. The standard InChI is InChI=1S/C14H13FN2O2/c1-14(6-7-14)13-16-11(18)10(12(19)17-13)8-2-4-9(15)5-3-8/h2-5H,6-7H2,1H3,(H2,16,17,18,19). The van der Waals surface area contributed by atoms with Crippen LogP contribution in [-0.2, 0) is 5.41 Å². The molecule has 0 unspecified atom stereocenters. The maximum absolute atomic E-state index is 12.9. The molecular weight excluding hydrogens is 247 g/mol. The SMILES string of the molecule is CC1(c2nc(O)c(-c3ccc(F)cc3)c(=O)[nH]2)CC1. The van der Waals surface area contributed by atoms with Crippen LogP contribution in [0.25, 0.3) is 11.1 Å². The number of hydrogen-bond donors (Lipinski definition) is 2. The molecule has 0 spiro atoms. The van der Waals surface area contributed by atoms with Crippen LogP contribution in [0.4, 0.5) is 4.39 Å². The first kappa shape index (κ1) is 11.9. The average Bonchev–Trinajstić information content (AvgIpc) is 3.10. The number of benzene rings is 1. The van der Waals surface area contributed by atoms with Crippen molar-refractivity contribution in [3.63, 3.8) is 0 Å². The first-order chi connectivity index (χ1) is 8.99. The van der Waals surface area contributed by atoms with Crippen molar-refractivity contribution in [2.45, 2.75) is 25.2 Å². The fourth-order valence-corrected chi connectivity index (χ4v) is 2.05. The highest BCUT2D eigenvalue weighted by atomic mass is 19.1. The van der Waals surface area contributed by atoms with Crippen molar-refractivity contribution in [1.82, 2.24) is 9.97 Å². The molecule has 0 saturated heterocycles. The maximum atomic E-state index is 12.9. The molecule has 1 aromatic carbocycles. The monoisotopic (exact) mass is 260 g/mol. The van der Waals surface area contributed by atoms with E-state index in [1.165, 1.54) is 24.3 Å². The molecule has 1 aromatic heterocycles. The normalized spacial score (nSPS) is 16.3. The van der Waals surface area contributed by atoms with Crippen LogP contribution in [0.15, 0.2) is 29.1 Å². The molecule has 4 nitrogen and oxygen atoms in total. The van der Waals surface area contributed by atoms with E-state index in [1.54, 1.807) is 0 Å². The number of hydrogen-bond acceptors (Lipinski definition) is 3. The first-order valence-electron chi connectivity index (χ1n) is 6.09. The Morgan fingerprint density at radius 3 is 2.47 bits per heavy atom. The van der Waals surface area contributed by atoms with Gasteiger partial charge < -0.3 is 10.1 Å². The molecule has 3 rings (SSSR count). The minimum absolute atomic E-state index is 0.0769. The highest BCUT2D eigenvalue weighted by molar-refractivity contribution is 5.67. The van der Waals surface area contributed by atoms with Crippen LogP contribution in [0.2, 0.25) is 0 Å². The van der Waals surface area contributed by atoms with Gasteiger partial charge in [0.05, 0.1) is 0 Å². The van der Waals surface area contributed by atoms with Crippen LogP contribution in [0.1, 0.15) is 25.6 Å². The smallest absolute Gasteiger partial charge is 0.262 e. The Bertz CT molecular complexity index is 688. The van der Waals surface area contributed by atoms with Crippen molar-refractivity contribution < 1.29 is 9.50 Å². The Labute approximate surface area is 109 Å². The molecule has 0 radical (unpaired) electrons. The minimum Gasteiger partial charge on any atom is -0.493 e. The molecule has 0 atom stereocenters. The predicted octanol–water partition coefficient (Wildman–Crippen LogP) is 2.33. The van der Waals surface area contributed by atoms with Gasteiger partial charge in [0.15, 0.2) is 0 Å². The summed E-state index contributed by atoms with van der Waals surface area (Å²) < 4.78 is 12.9. The van der Waals surface area contributed by atoms with E-state index < -0.39 is 11.4 Å². The van der Waals surface area contributed by atoms with Crippen LogP contribution < -0.4 is 5.56 Å². The van der Waals surface area contributed by atoms with Gasteiger partial charge in [0.2, 0.25) is 5.88 Å². The van der Waals surface area contributed by atoms with Gasteiger partial charge in [-0.05, 0) is 30.5 Å². The van der Waals surface area contributed by atoms with Crippen molar-refractivity contribution in [2.24, 2.45) is 0 Å². The third kappa shape index (κ3) is 2.01. The van der Waals surface area contributed by atoms with E-state index in [-0.39, 0.29) is 16.9 Å². The minimum atomic E-state index is -0.401. The highest BCUT2D eigenvalue weighted by Gasteiger charge is 2.42. The summed E-state index contributed by atoms with van der Waals surface area (Å²) in [6.45, 7) is 1.99. The molecule has 1 aliphatic carbocycles. The van der Waals surface area contributed by atoms with Gasteiger partial charge in [-0.25, -0.2) is 4.39 Å². The molecule has 19 heavy (non-hydrogen) atoms. The number of aromatic hydroxyl groups is 1. The lowest BCUT2D eigenvalue weighted by molar-refractivity contribution is 0.446. The molecule has 0 bridgehead atoms. The molecule has 1 aliphatic rings. The van der Waals surface area contributed by atoms with Gasteiger partial charge >= 0.3 is 0 Å². The lowest BCUT2D eigenvalue weighted by atomic mass is 10.1. The van der Waals surface area contributed by atoms with Gasteiger partial charge in [0.1, 0.15) is 17.2 Å². The van der Waals surface area contributed by atoms with Gasteiger partial charge in [-0.15, -0.1) is 0 Å². The number of rotatable bonds is 2. The fourth-order valence-electron chi connectivity index (χ4n) is 2.05. The molecule has 1 saturated carbocycles. The van der Waals surface area contributed by atoms with Crippen LogP contribution in [0.3, 0.4) is 0 Å².